The highest BCUT2D eigenvalue weighted by Gasteiger charge is 2.15. The summed E-state index contributed by atoms with van der Waals surface area (Å²) >= 11 is 0. The van der Waals surface area contributed by atoms with Gasteiger partial charge in [-0.05, 0) is 19.4 Å². The van der Waals surface area contributed by atoms with E-state index < -0.39 is 0 Å². The molecule has 0 saturated carbocycles. The first-order valence-corrected chi connectivity index (χ1v) is 5.61. The van der Waals surface area contributed by atoms with Gasteiger partial charge in [0.05, 0.1) is 19.3 Å². The second kappa shape index (κ2) is 5.07. The van der Waals surface area contributed by atoms with Gasteiger partial charge >= 0.3 is 0 Å². The molecule has 6 nitrogen and oxygen atoms in total. The molecule has 0 aromatic carbocycles. The summed E-state index contributed by atoms with van der Waals surface area (Å²) in [6.45, 7) is 3.89. The fourth-order valence-corrected chi connectivity index (χ4v) is 1.86. The van der Waals surface area contributed by atoms with Gasteiger partial charge in [0.1, 0.15) is 5.69 Å². The average Bonchev–Trinajstić information content (AvgIpc) is 2.87. The van der Waals surface area contributed by atoms with Gasteiger partial charge in [-0.15, -0.1) is 5.10 Å². The van der Waals surface area contributed by atoms with Crippen molar-refractivity contribution in [1.29, 1.82) is 0 Å². The maximum atomic E-state index is 10.7. The lowest BCUT2D eigenvalue weighted by atomic mass is 10.2. The molecule has 1 aliphatic heterocycles. The van der Waals surface area contributed by atoms with E-state index >= 15 is 0 Å². The van der Waals surface area contributed by atoms with Crippen molar-refractivity contribution >= 4 is 5.91 Å². The molecule has 0 unspecified atom stereocenters. The van der Waals surface area contributed by atoms with E-state index in [1.165, 1.54) is 19.8 Å². The van der Waals surface area contributed by atoms with E-state index in [0.717, 1.165) is 18.8 Å². The molecule has 0 bridgehead atoms. The van der Waals surface area contributed by atoms with Crippen LogP contribution in [0.5, 0.6) is 0 Å². The Kier molecular flexibility index (Phi) is 3.51. The van der Waals surface area contributed by atoms with Gasteiger partial charge < -0.3 is 10.6 Å². The summed E-state index contributed by atoms with van der Waals surface area (Å²) in [5.74, 6) is -0.0491. The maximum Gasteiger partial charge on any atom is 0.217 e. The van der Waals surface area contributed by atoms with Crippen molar-refractivity contribution in [2.45, 2.75) is 38.9 Å². The highest BCUT2D eigenvalue weighted by atomic mass is 16.1. The molecule has 6 heteroatoms. The summed E-state index contributed by atoms with van der Waals surface area (Å²) in [7, 11) is 0. The summed E-state index contributed by atoms with van der Waals surface area (Å²) in [5.41, 5.74) is 0.799. The van der Waals surface area contributed by atoms with Crippen LogP contribution in [0.4, 0.5) is 0 Å². The number of hydrogen-bond donors (Lipinski definition) is 2. The van der Waals surface area contributed by atoms with Crippen molar-refractivity contribution in [2.75, 3.05) is 6.54 Å². The van der Waals surface area contributed by atoms with E-state index in [1.807, 2.05) is 10.9 Å². The van der Waals surface area contributed by atoms with Crippen molar-refractivity contribution < 1.29 is 4.79 Å². The number of nitrogens with one attached hydrogen (secondary N) is 2. The van der Waals surface area contributed by atoms with Crippen LogP contribution in [0.3, 0.4) is 0 Å². The number of carbonyl (C=O) groups excluding carboxylic acids is 1. The molecule has 1 aromatic rings. The second-order valence-corrected chi connectivity index (χ2v) is 4.13. The molecule has 1 amide bonds. The molecular weight excluding hydrogens is 206 g/mol. The van der Waals surface area contributed by atoms with Crippen LogP contribution < -0.4 is 10.6 Å². The predicted octanol–water partition coefficient (Wildman–Crippen LogP) is -0.334. The lowest BCUT2D eigenvalue weighted by Crippen LogP contribution is -2.26. The van der Waals surface area contributed by atoms with E-state index in [1.54, 1.807) is 0 Å². The molecular formula is C10H17N5O. The van der Waals surface area contributed by atoms with Gasteiger partial charge in [0, 0.05) is 13.0 Å². The molecule has 1 aromatic heterocycles. The molecule has 2 rings (SSSR count). The Morgan fingerprint density at radius 3 is 3.31 bits per heavy atom. The number of aromatic nitrogens is 3. The maximum absolute atomic E-state index is 10.7. The van der Waals surface area contributed by atoms with Crippen molar-refractivity contribution in [3.8, 4) is 0 Å². The first-order valence-electron chi connectivity index (χ1n) is 5.61. The van der Waals surface area contributed by atoms with Crippen LogP contribution in [0.1, 0.15) is 25.5 Å². The normalized spacial score (nSPS) is 19.9. The Bertz CT molecular complexity index is 356. The van der Waals surface area contributed by atoms with Crippen LogP contribution in [0.15, 0.2) is 6.20 Å². The molecule has 16 heavy (non-hydrogen) atoms. The van der Waals surface area contributed by atoms with Crippen LogP contribution in [0.2, 0.25) is 0 Å². The molecule has 0 spiro atoms. The number of nitrogens with zero attached hydrogens (tertiary/aromatic N) is 3. The third-order valence-electron chi connectivity index (χ3n) is 2.67. The zero-order chi connectivity index (χ0) is 11.4. The van der Waals surface area contributed by atoms with E-state index in [9.17, 15) is 4.79 Å². The lowest BCUT2D eigenvalue weighted by molar-refractivity contribution is -0.119. The zero-order valence-corrected chi connectivity index (χ0v) is 9.44. The molecule has 1 saturated heterocycles. The topological polar surface area (TPSA) is 71.8 Å². The number of carbonyl (C=O) groups is 1. The standard InChI is InChI=1S/C10H17N5O/c1-8(16)12-5-10-7-15(14-13-10)6-9-3-2-4-11-9/h7,9,11H,2-6H2,1H3,(H,12,16)/t9-/m0/s1. The Balaban J connectivity index is 1.84. The SMILES string of the molecule is CC(=O)NCc1cn(C[C@@H]2CCCN2)nn1. The molecule has 88 valence electrons. The van der Waals surface area contributed by atoms with Crippen molar-refractivity contribution in [1.82, 2.24) is 25.6 Å². The average molecular weight is 223 g/mol. The van der Waals surface area contributed by atoms with E-state index in [-0.39, 0.29) is 5.91 Å². The van der Waals surface area contributed by atoms with Gasteiger partial charge in [-0.25, -0.2) is 0 Å². The fraction of sp³-hybridized carbons (Fsp3) is 0.700. The van der Waals surface area contributed by atoms with Crippen LogP contribution in [0, 0.1) is 0 Å². The summed E-state index contributed by atoms with van der Waals surface area (Å²) in [6, 6.07) is 0.510. The minimum Gasteiger partial charge on any atom is -0.351 e. The van der Waals surface area contributed by atoms with Crippen LogP contribution in [-0.2, 0) is 17.9 Å². The number of rotatable bonds is 4. The third kappa shape index (κ3) is 3.03. The summed E-state index contributed by atoms with van der Waals surface area (Å²) in [4.78, 5) is 10.7. The summed E-state index contributed by atoms with van der Waals surface area (Å²) in [5, 5.41) is 14.1. The Morgan fingerprint density at radius 1 is 1.75 bits per heavy atom. The minimum absolute atomic E-state index is 0.0491. The van der Waals surface area contributed by atoms with Crippen LogP contribution >= 0.6 is 0 Å². The second-order valence-electron chi connectivity index (χ2n) is 4.13. The van der Waals surface area contributed by atoms with Crippen molar-refractivity contribution in [2.24, 2.45) is 0 Å². The summed E-state index contributed by atoms with van der Waals surface area (Å²) < 4.78 is 1.83. The highest BCUT2D eigenvalue weighted by Crippen LogP contribution is 2.06. The summed E-state index contributed by atoms with van der Waals surface area (Å²) in [6.07, 6.45) is 4.31. The highest BCUT2D eigenvalue weighted by molar-refractivity contribution is 5.72. The quantitative estimate of drug-likeness (QED) is 0.733. The van der Waals surface area contributed by atoms with Crippen molar-refractivity contribution in [3.05, 3.63) is 11.9 Å². The minimum atomic E-state index is -0.0491. The van der Waals surface area contributed by atoms with E-state index in [2.05, 4.69) is 20.9 Å². The Labute approximate surface area is 94.4 Å². The largest absolute Gasteiger partial charge is 0.351 e. The molecule has 1 atom stereocenters. The molecule has 2 N–H and O–H groups in total. The van der Waals surface area contributed by atoms with Crippen LogP contribution in [-0.4, -0.2) is 33.5 Å². The smallest absolute Gasteiger partial charge is 0.217 e. The first kappa shape index (κ1) is 11.1. The van der Waals surface area contributed by atoms with Crippen molar-refractivity contribution in [3.63, 3.8) is 0 Å². The zero-order valence-electron chi connectivity index (χ0n) is 9.44. The van der Waals surface area contributed by atoms with Gasteiger partial charge in [-0.3, -0.25) is 9.48 Å². The van der Waals surface area contributed by atoms with Gasteiger partial charge in [0.2, 0.25) is 5.91 Å². The predicted molar refractivity (Wildman–Crippen MR) is 58.6 cm³/mol. The monoisotopic (exact) mass is 223 g/mol. The molecule has 1 aliphatic rings. The first-order chi connectivity index (χ1) is 7.74. The van der Waals surface area contributed by atoms with Crippen LogP contribution in [0.25, 0.3) is 0 Å². The van der Waals surface area contributed by atoms with Gasteiger partial charge in [-0.2, -0.15) is 0 Å². The Morgan fingerprint density at radius 2 is 2.62 bits per heavy atom. The molecule has 0 aliphatic carbocycles. The number of amides is 1. The third-order valence-corrected chi connectivity index (χ3v) is 2.67. The Hall–Kier alpha value is -1.43. The molecule has 2 heterocycles. The van der Waals surface area contributed by atoms with E-state index in [4.69, 9.17) is 0 Å². The van der Waals surface area contributed by atoms with E-state index in [0.29, 0.717) is 12.6 Å². The van der Waals surface area contributed by atoms with Gasteiger partial charge in [0.25, 0.3) is 0 Å². The fourth-order valence-electron chi connectivity index (χ4n) is 1.86. The molecule has 0 radical (unpaired) electrons. The van der Waals surface area contributed by atoms with Gasteiger partial charge in [-0.1, -0.05) is 5.21 Å². The van der Waals surface area contributed by atoms with Gasteiger partial charge in [0.15, 0.2) is 0 Å². The molecule has 1 fully saturated rings. The number of hydrogen-bond acceptors (Lipinski definition) is 4. The lowest BCUT2D eigenvalue weighted by Gasteiger charge is -2.08.